The Bertz CT molecular complexity index is 619. The van der Waals surface area contributed by atoms with Crippen molar-refractivity contribution in [3.8, 4) is 0 Å². The highest BCUT2D eigenvalue weighted by Gasteiger charge is 2.34. The van der Waals surface area contributed by atoms with Gasteiger partial charge in [0.15, 0.2) is 0 Å². The molecular weight excluding hydrogens is 306 g/mol. The van der Waals surface area contributed by atoms with Crippen LogP contribution in [0.5, 0.6) is 0 Å². The summed E-state index contributed by atoms with van der Waals surface area (Å²) in [6.45, 7) is 4.25. The van der Waals surface area contributed by atoms with Crippen LogP contribution in [0.25, 0.3) is 0 Å². The Kier molecular flexibility index (Phi) is 4.92. The lowest BCUT2D eigenvalue weighted by atomic mass is 9.93. The number of nitrogens with zero attached hydrogens (tertiary/aromatic N) is 3. The Hall–Kier alpha value is -1.85. The summed E-state index contributed by atoms with van der Waals surface area (Å²) >= 11 is 0. The first-order valence-corrected chi connectivity index (χ1v) is 9.07. The van der Waals surface area contributed by atoms with Crippen LogP contribution in [0.3, 0.4) is 0 Å². The van der Waals surface area contributed by atoms with Crippen LogP contribution in [0.2, 0.25) is 0 Å². The normalized spacial score (nSPS) is 25.7. The molecule has 1 aliphatic heterocycles. The van der Waals surface area contributed by atoms with Crippen LogP contribution in [0.1, 0.15) is 74.0 Å². The molecule has 0 spiro atoms. The highest BCUT2D eigenvalue weighted by molar-refractivity contribution is 5.95. The third kappa shape index (κ3) is 3.19. The lowest BCUT2D eigenvalue weighted by molar-refractivity contribution is -0.143. The quantitative estimate of drug-likeness (QED) is 0.922. The highest BCUT2D eigenvalue weighted by atomic mass is 16.4. The minimum absolute atomic E-state index is 0.0746. The number of aliphatic carboxylic acids is 1. The smallest absolute Gasteiger partial charge is 0.308 e. The van der Waals surface area contributed by atoms with E-state index >= 15 is 0 Å². The Morgan fingerprint density at radius 2 is 1.88 bits per heavy atom. The molecule has 0 aromatic carbocycles. The summed E-state index contributed by atoms with van der Waals surface area (Å²) in [6, 6.07) is 0.469. The lowest BCUT2D eigenvalue weighted by Crippen LogP contribution is -2.47. The van der Waals surface area contributed by atoms with E-state index in [0.29, 0.717) is 24.6 Å². The Morgan fingerprint density at radius 1 is 1.17 bits per heavy atom. The Morgan fingerprint density at radius 3 is 2.54 bits per heavy atom. The van der Waals surface area contributed by atoms with Gasteiger partial charge in [-0.3, -0.25) is 14.3 Å². The van der Waals surface area contributed by atoms with Crippen molar-refractivity contribution in [2.45, 2.75) is 70.9 Å². The van der Waals surface area contributed by atoms with Gasteiger partial charge in [0, 0.05) is 18.3 Å². The zero-order valence-corrected chi connectivity index (χ0v) is 14.6. The van der Waals surface area contributed by atoms with Gasteiger partial charge in [0.2, 0.25) is 0 Å². The van der Waals surface area contributed by atoms with Crippen LogP contribution in [-0.2, 0) is 4.79 Å². The van der Waals surface area contributed by atoms with E-state index < -0.39 is 11.9 Å². The number of carboxylic acid groups (broad SMARTS) is 1. The molecule has 2 aliphatic rings. The average Bonchev–Trinajstić information content (AvgIpc) is 2.97. The molecule has 1 aromatic rings. The molecule has 24 heavy (non-hydrogen) atoms. The third-order valence-corrected chi connectivity index (χ3v) is 5.69. The topological polar surface area (TPSA) is 75.4 Å². The molecule has 132 valence electrons. The predicted molar refractivity (Wildman–Crippen MR) is 89.9 cm³/mol. The zero-order valence-electron chi connectivity index (χ0n) is 14.6. The summed E-state index contributed by atoms with van der Waals surface area (Å²) in [5, 5.41) is 13.8. The second-order valence-corrected chi connectivity index (χ2v) is 7.30. The fraction of sp³-hybridized carbons (Fsp3) is 0.722. The number of rotatable bonds is 3. The van der Waals surface area contributed by atoms with Gasteiger partial charge in [-0.1, -0.05) is 19.3 Å². The van der Waals surface area contributed by atoms with Crippen molar-refractivity contribution in [3.63, 3.8) is 0 Å². The molecule has 1 aliphatic carbocycles. The monoisotopic (exact) mass is 333 g/mol. The second-order valence-electron chi connectivity index (χ2n) is 7.30. The van der Waals surface area contributed by atoms with Gasteiger partial charge in [-0.05, 0) is 39.5 Å². The van der Waals surface area contributed by atoms with E-state index in [2.05, 4.69) is 5.10 Å². The van der Waals surface area contributed by atoms with E-state index in [0.717, 1.165) is 25.0 Å². The summed E-state index contributed by atoms with van der Waals surface area (Å²) in [6.07, 6.45) is 9.01. The minimum Gasteiger partial charge on any atom is -0.481 e. The maximum atomic E-state index is 13.0. The number of hydrogen-bond donors (Lipinski definition) is 1. The largest absolute Gasteiger partial charge is 0.481 e. The number of hydrogen-bond acceptors (Lipinski definition) is 3. The molecule has 2 atom stereocenters. The molecule has 6 nitrogen and oxygen atoms in total. The number of piperidine rings is 1. The molecule has 6 heteroatoms. The fourth-order valence-electron chi connectivity index (χ4n) is 4.07. The minimum atomic E-state index is -0.811. The van der Waals surface area contributed by atoms with Gasteiger partial charge in [0.25, 0.3) is 5.91 Å². The number of carbonyl (C=O) groups excluding carboxylic acids is 1. The number of carboxylic acids is 1. The molecule has 2 unspecified atom stereocenters. The van der Waals surface area contributed by atoms with Crippen molar-refractivity contribution < 1.29 is 14.7 Å². The molecule has 1 aromatic heterocycles. The standard InChI is InChI=1S/C18H27N3O3/c1-12-8-9-14(18(23)24)11-20(12)17(22)16-10-19-21(13(16)2)15-6-4-3-5-7-15/h10,12,14-15H,3-9,11H2,1-2H3,(H,23,24). The van der Waals surface area contributed by atoms with E-state index in [1.807, 2.05) is 18.5 Å². The lowest BCUT2D eigenvalue weighted by Gasteiger charge is -2.36. The van der Waals surface area contributed by atoms with Crippen LogP contribution in [0.4, 0.5) is 0 Å². The van der Waals surface area contributed by atoms with Crippen molar-refractivity contribution in [3.05, 3.63) is 17.5 Å². The molecule has 0 bridgehead atoms. The number of amides is 1. The SMILES string of the molecule is Cc1c(C(=O)N2CC(C(=O)O)CCC2C)cnn1C1CCCCC1. The van der Waals surface area contributed by atoms with Crippen molar-refractivity contribution >= 4 is 11.9 Å². The van der Waals surface area contributed by atoms with Gasteiger partial charge in [-0.2, -0.15) is 5.10 Å². The summed E-state index contributed by atoms with van der Waals surface area (Å²) < 4.78 is 2.01. The average molecular weight is 333 g/mol. The summed E-state index contributed by atoms with van der Waals surface area (Å²) in [7, 11) is 0. The van der Waals surface area contributed by atoms with Crippen LogP contribution in [0, 0.1) is 12.8 Å². The van der Waals surface area contributed by atoms with Gasteiger partial charge in [-0.25, -0.2) is 0 Å². The molecule has 1 saturated carbocycles. The first-order chi connectivity index (χ1) is 11.5. The molecule has 1 amide bonds. The van der Waals surface area contributed by atoms with Crippen molar-refractivity contribution in [1.29, 1.82) is 0 Å². The molecule has 1 saturated heterocycles. The van der Waals surface area contributed by atoms with Gasteiger partial charge >= 0.3 is 5.97 Å². The number of carbonyl (C=O) groups is 2. The Balaban J connectivity index is 1.79. The zero-order chi connectivity index (χ0) is 17.3. The van der Waals surface area contributed by atoms with Gasteiger partial charge < -0.3 is 10.0 Å². The van der Waals surface area contributed by atoms with Crippen molar-refractivity contribution in [1.82, 2.24) is 14.7 Å². The van der Waals surface area contributed by atoms with Crippen LogP contribution in [-0.4, -0.2) is 44.3 Å². The first-order valence-electron chi connectivity index (χ1n) is 9.07. The van der Waals surface area contributed by atoms with Crippen LogP contribution in [0.15, 0.2) is 6.20 Å². The molecule has 1 N–H and O–H groups in total. The number of aromatic nitrogens is 2. The van der Waals surface area contributed by atoms with E-state index in [4.69, 9.17) is 0 Å². The van der Waals surface area contributed by atoms with Crippen LogP contribution < -0.4 is 0 Å². The van der Waals surface area contributed by atoms with Crippen LogP contribution >= 0.6 is 0 Å². The highest BCUT2D eigenvalue weighted by Crippen LogP contribution is 2.30. The third-order valence-electron chi connectivity index (χ3n) is 5.69. The maximum absolute atomic E-state index is 13.0. The predicted octanol–water partition coefficient (Wildman–Crippen LogP) is 3.02. The van der Waals surface area contributed by atoms with E-state index in [1.54, 1.807) is 11.1 Å². The summed E-state index contributed by atoms with van der Waals surface area (Å²) in [5.41, 5.74) is 1.54. The molecule has 2 heterocycles. The summed E-state index contributed by atoms with van der Waals surface area (Å²) in [4.78, 5) is 26.0. The molecule has 2 fully saturated rings. The molecular formula is C18H27N3O3. The van der Waals surface area contributed by atoms with E-state index in [-0.39, 0.29) is 11.9 Å². The van der Waals surface area contributed by atoms with Crippen molar-refractivity contribution in [2.75, 3.05) is 6.54 Å². The first kappa shape index (κ1) is 17.0. The maximum Gasteiger partial charge on any atom is 0.308 e. The fourth-order valence-corrected chi connectivity index (χ4v) is 4.07. The molecule has 0 radical (unpaired) electrons. The molecule has 3 rings (SSSR count). The van der Waals surface area contributed by atoms with Gasteiger partial charge in [-0.15, -0.1) is 0 Å². The Labute approximate surface area is 142 Å². The summed E-state index contributed by atoms with van der Waals surface area (Å²) in [5.74, 6) is -1.35. The van der Waals surface area contributed by atoms with Gasteiger partial charge in [0.05, 0.1) is 23.7 Å². The van der Waals surface area contributed by atoms with E-state index in [1.165, 1.54) is 19.3 Å². The van der Waals surface area contributed by atoms with Gasteiger partial charge in [0.1, 0.15) is 0 Å². The van der Waals surface area contributed by atoms with E-state index in [9.17, 15) is 14.7 Å². The number of likely N-dealkylation sites (tertiary alicyclic amines) is 1. The second kappa shape index (κ2) is 6.95. The van der Waals surface area contributed by atoms with Crippen molar-refractivity contribution in [2.24, 2.45) is 5.92 Å².